The molecule has 1 aromatic carbocycles. The molecule has 5 heteroatoms. The van der Waals surface area contributed by atoms with Crippen LogP contribution in [0.5, 0.6) is 0 Å². The number of nitriles is 1. The van der Waals surface area contributed by atoms with Crippen LogP contribution in [0.15, 0.2) is 30.3 Å². The summed E-state index contributed by atoms with van der Waals surface area (Å²) in [6, 6.07) is 11.9. The summed E-state index contributed by atoms with van der Waals surface area (Å²) in [7, 11) is 0. The molecule has 1 saturated carbocycles. The molecular weight excluding hydrogens is 294 g/mol. The Kier molecular flexibility index (Phi) is 4.21. The van der Waals surface area contributed by atoms with Crippen LogP contribution < -0.4 is 5.32 Å². The maximum atomic E-state index is 12.3. The summed E-state index contributed by atoms with van der Waals surface area (Å²) in [5, 5.41) is 12.9. The number of amides is 1. The highest BCUT2D eigenvalue weighted by Gasteiger charge is 2.33. The summed E-state index contributed by atoms with van der Waals surface area (Å²) in [6.07, 6.45) is 2.78. The van der Waals surface area contributed by atoms with E-state index in [1.165, 1.54) is 16.9 Å². The predicted molar refractivity (Wildman–Crippen MR) is 85.7 cm³/mol. The summed E-state index contributed by atoms with van der Waals surface area (Å²) in [6.45, 7) is 1.85. The molecule has 0 bridgehead atoms. The van der Waals surface area contributed by atoms with E-state index in [0.29, 0.717) is 10.8 Å². The zero-order valence-electron chi connectivity index (χ0n) is 12.4. The van der Waals surface area contributed by atoms with Crippen molar-refractivity contribution in [2.75, 3.05) is 0 Å². The third-order valence-corrected chi connectivity index (χ3v) is 4.92. The van der Waals surface area contributed by atoms with Gasteiger partial charge in [-0.1, -0.05) is 30.3 Å². The van der Waals surface area contributed by atoms with Crippen LogP contribution in [0.4, 0.5) is 0 Å². The normalized spacial score (nSPS) is 15.1. The third-order valence-electron chi connectivity index (χ3n) is 3.76. The number of hydrogen-bond donors (Lipinski definition) is 1. The lowest BCUT2D eigenvalue weighted by Crippen LogP contribution is -2.35. The number of benzene rings is 1. The van der Waals surface area contributed by atoms with Gasteiger partial charge in [0.1, 0.15) is 10.9 Å². The van der Waals surface area contributed by atoms with E-state index in [9.17, 15) is 4.79 Å². The molecule has 1 atom stereocenters. The van der Waals surface area contributed by atoms with Crippen molar-refractivity contribution in [3.8, 4) is 6.07 Å². The van der Waals surface area contributed by atoms with E-state index in [4.69, 9.17) is 5.26 Å². The molecular formula is C17H17N3OS. The van der Waals surface area contributed by atoms with E-state index in [1.807, 2.05) is 25.1 Å². The molecule has 1 fully saturated rings. The van der Waals surface area contributed by atoms with Crippen molar-refractivity contribution in [3.05, 3.63) is 51.5 Å². The number of aromatic nitrogens is 1. The standard InChI is InChI=1S/C17H17N3OS/c1-11-16(17(21)20-14(10-18)13-7-8-13)22-15(19-11)9-12-5-3-2-4-6-12/h2-6,13-14H,7-9H2,1H3,(H,20,21)/t14-/m1/s1. The zero-order chi connectivity index (χ0) is 15.5. The van der Waals surface area contributed by atoms with Crippen molar-refractivity contribution in [3.63, 3.8) is 0 Å². The number of nitrogens with one attached hydrogen (secondary N) is 1. The van der Waals surface area contributed by atoms with Gasteiger partial charge in [-0.2, -0.15) is 5.26 Å². The Bertz CT molecular complexity index is 713. The molecule has 1 aliphatic rings. The molecule has 0 aliphatic heterocycles. The molecule has 1 amide bonds. The lowest BCUT2D eigenvalue weighted by atomic mass is 10.2. The van der Waals surface area contributed by atoms with Crippen LogP contribution in [0.25, 0.3) is 0 Å². The Morgan fingerprint density at radius 1 is 1.45 bits per heavy atom. The van der Waals surface area contributed by atoms with Gasteiger partial charge in [0.2, 0.25) is 0 Å². The highest BCUT2D eigenvalue weighted by molar-refractivity contribution is 7.13. The number of carbonyl (C=O) groups excluding carboxylic acids is 1. The largest absolute Gasteiger partial charge is 0.335 e. The second-order valence-corrected chi connectivity index (χ2v) is 6.69. The van der Waals surface area contributed by atoms with Crippen molar-refractivity contribution < 1.29 is 4.79 Å². The first-order valence-corrected chi connectivity index (χ1v) is 8.19. The van der Waals surface area contributed by atoms with Gasteiger partial charge in [-0.25, -0.2) is 4.98 Å². The fraction of sp³-hybridized carbons (Fsp3) is 0.353. The van der Waals surface area contributed by atoms with E-state index in [2.05, 4.69) is 28.5 Å². The quantitative estimate of drug-likeness (QED) is 0.923. The van der Waals surface area contributed by atoms with Gasteiger partial charge in [0.15, 0.2) is 0 Å². The maximum Gasteiger partial charge on any atom is 0.264 e. The minimum atomic E-state index is -0.369. The van der Waals surface area contributed by atoms with Gasteiger partial charge in [-0.3, -0.25) is 4.79 Å². The number of hydrogen-bond acceptors (Lipinski definition) is 4. The fourth-order valence-electron chi connectivity index (χ4n) is 2.40. The Morgan fingerprint density at radius 2 is 2.18 bits per heavy atom. The van der Waals surface area contributed by atoms with E-state index in [-0.39, 0.29) is 11.9 Å². The first kappa shape index (κ1) is 14.7. The second-order valence-electron chi connectivity index (χ2n) is 5.60. The molecule has 2 aromatic rings. The number of aryl methyl sites for hydroxylation is 1. The molecule has 0 radical (unpaired) electrons. The van der Waals surface area contributed by atoms with Crippen molar-refractivity contribution in [2.24, 2.45) is 5.92 Å². The van der Waals surface area contributed by atoms with Gasteiger partial charge in [0, 0.05) is 6.42 Å². The Balaban J connectivity index is 1.71. The molecule has 0 unspecified atom stereocenters. The molecule has 112 valence electrons. The van der Waals surface area contributed by atoms with Crippen molar-refractivity contribution in [2.45, 2.75) is 32.2 Å². The van der Waals surface area contributed by atoms with Gasteiger partial charge in [0.05, 0.1) is 16.8 Å². The molecule has 22 heavy (non-hydrogen) atoms. The summed E-state index contributed by atoms with van der Waals surface area (Å²) >= 11 is 1.41. The summed E-state index contributed by atoms with van der Waals surface area (Å²) in [5.41, 5.74) is 1.91. The summed E-state index contributed by atoms with van der Waals surface area (Å²) in [5.74, 6) is 0.152. The minimum absolute atomic E-state index is 0.173. The number of rotatable bonds is 5. The van der Waals surface area contributed by atoms with Gasteiger partial charge in [0.25, 0.3) is 5.91 Å². The molecule has 0 spiro atoms. The molecule has 3 rings (SSSR count). The third kappa shape index (κ3) is 3.34. The highest BCUT2D eigenvalue weighted by atomic mass is 32.1. The first-order chi connectivity index (χ1) is 10.7. The molecule has 0 saturated heterocycles. The number of nitrogens with zero attached hydrogens (tertiary/aromatic N) is 2. The Labute approximate surface area is 133 Å². The maximum absolute atomic E-state index is 12.3. The SMILES string of the molecule is Cc1nc(Cc2ccccc2)sc1C(=O)N[C@H](C#N)C1CC1. The smallest absolute Gasteiger partial charge is 0.264 e. The predicted octanol–water partition coefficient (Wildman–Crippen LogP) is 3.07. The van der Waals surface area contributed by atoms with Crippen LogP contribution in [-0.2, 0) is 6.42 Å². The van der Waals surface area contributed by atoms with Crippen LogP contribution in [0, 0.1) is 24.2 Å². The number of thiazole rings is 1. The van der Waals surface area contributed by atoms with Crippen LogP contribution >= 0.6 is 11.3 Å². The topological polar surface area (TPSA) is 65.8 Å². The van der Waals surface area contributed by atoms with Crippen LogP contribution in [0.1, 0.15) is 38.8 Å². The van der Waals surface area contributed by atoms with Crippen molar-refractivity contribution >= 4 is 17.2 Å². The Hall–Kier alpha value is -2.19. The van der Waals surface area contributed by atoms with E-state index in [1.54, 1.807) is 0 Å². The number of carbonyl (C=O) groups is 1. The molecule has 1 heterocycles. The van der Waals surface area contributed by atoms with Gasteiger partial charge in [-0.05, 0) is 31.2 Å². The average Bonchev–Trinajstić information content (AvgIpc) is 3.29. The zero-order valence-corrected chi connectivity index (χ0v) is 13.2. The van der Waals surface area contributed by atoms with Crippen molar-refractivity contribution in [1.29, 1.82) is 5.26 Å². The van der Waals surface area contributed by atoms with E-state index >= 15 is 0 Å². The monoisotopic (exact) mass is 311 g/mol. The van der Waals surface area contributed by atoms with Crippen molar-refractivity contribution in [1.82, 2.24) is 10.3 Å². The molecule has 1 aromatic heterocycles. The fourth-order valence-corrected chi connectivity index (χ4v) is 3.40. The van der Waals surface area contributed by atoms with E-state index in [0.717, 1.165) is 30.0 Å². The summed E-state index contributed by atoms with van der Waals surface area (Å²) in [4.78, 5) is 17.5. The first-order valence-electron chi connectivity index (χ1n) is 7.38. The minimum Gasteiger partial charge on any atom is -0.335 e. The molecule has 1 aliphatic carbocycles. The highest BCUT2D eigenvalue weighted by Crippen LogP contribution is 2.32. The van der Waals surface area contributed by atoms with Gasteiger partial charge >= 0.3 is 0 Å². The van der Waals surface area contributed by atoms with Crippen LogP contribution in [0.3, 0.4) is 0 Å². The van der Waals surface area contributed by atoms with Crippen LogP contribution in [0.2, 0.25) is 0 Å². The molecule has 1 N–H and O–H groups in total. The summed E-state index contributed by atoms with van der Waals surface area (Å²) < 4.78 is 0. The Morgan fingerprint density at radius 3 is 2.82 bits per heavy atom. The molecule has 4 nitrogen and oxygen atoms in total. The van der Waals surface area contributed by atoms with E-state index < -0.39 is 0 Å². The lowest BCUT2D eigenvalue weighted by Gasteiger charge is -2.09. The second kappa shape index (κ2) is 6.29. The average molecular weight is 311 g/mol. The van der Waals surface area contributed by atoms with Gasteiger partial charge < -0.3 is 5.32 Å². The van der Waals surface area contributed by atoms with Gasteiger partial charge in [-0.15, -0.1) is 11.3 Å². The lowest BCUT2D eigenvalue weighted by molar-refractivity contribution is 0.0945. The van der Waals surface area contributed by atoms with Crippen LogP contribution in [-0.4, -0.2) is 16.9 Å².